The van der Waals surface area contributed by atoms with Crippen LogP contribution in [0, 0.1) is 3.57 Å². The molecule has 0 bridgehead atoms. The molecular weight excluding hydrogens is 313 g/mol. The zero-order chi connectivity index (χ0) is 10.8. The first-order valence-corrected chi connectivity index (χ1v) is 5.37. The average molecular weight is 320 g/mol. The van der Waals surface area contributed by atoms with Crippen molar-refractivity contribution in [3.63, 3.8) is 0 Å². The minimum atomic E-state index is -2.77. The molecule has 0 aliphatic heterocycles. The highest BCUT2D eigenvalue weighted by Gasteiger charge is 2.04. The third-order valence-electron chi connectivity index (χ3n) is 2.00. The van der Waals surface area contributed by atoms with E-state index in [0.29, 0.717) is 0 Å². The summed E-state index contributed by atoms with van der Waals surface area (Å²) < 4.78 is 29.4. The highest BCUT2D eigenvalue weighted by molar-refractivity contribution is 14.1. The fourth-order valence-electron chi connectivity index (χ4n) is 1.37. The summed E-state index contributed by atoms with van der Waals surface area (Å²) in [5, 5.41) is 1.91. The van der Waals surface area contributed by atoms with Crippen LogP contribution < -0.4 is 4.74 Å². The molecule has 0 unspecified atom stereocenters. The monoisotopic (exact) mass is 320 g/mol. The molecule has 0 fully saturated rings. The lowest BCUT2D eigenvalue weighted by Gasteiger charge is -2.05. The van der Waals surface area contributed by atoms with Crippen molar-refractivity contribution in [3.05, 3.63) is 40.0 Å². The molecule has 0 aliphatic carbocycles. The topological polar surface area (TPSA) is 9.23 Å². The largest absolute Gasteiger partial charge is 0.435 e. The van der Waals surface area contributed by atoms with E-state index in [-0.39, 0.29) is 5.75 Å². The molecule has 0 aliphatic rings. The van der Waals surface area contributed by atoms with Gasteiger partial charge in [0.25, 0.3) is 0 Å². The zero-order valence-corrected chi connectivity index (χ0v) is 9.74. The van der Waals surface area contributed by atoms with E-state index < -0.39 is 6.61 Å². The average Bonchev–Trinajstić information content (AvgIpc) is 2.17. The quantitative estimate of drug-likeness (QED) is 0.759. The molecule has 1 nitrogen and oxygen atoms in total. The molecule has 78 valence electrons. The lowest BCUT2D eigenvalue weighted by Crippen LogP contribution is -2.01. The van der Waals surface area contributed by atoms with Crippen LogP contribution in [0.1, 0.15) is 0 Å². The van der Waals surface area contributed by atoms with Gasteiger partial charge in [0.05, 0.1) is 0 Å². The maximum Gasteiger partial charge on any atom is 0.387 e. The number of halogens is 3. The summed E-state index contributed by atoms with van der Waals surface area (Å²) in [6, 6.07) is 10.7. The van der Waals surface area contributed by atoms with E-state index in [4.69, 9.17) is 0 Å². The Labute approximate surface area is 99.2 Å². The van der Waals surface area contributed by atoms with Crippen LogP contribution in [0.15, 0.2) is 36.4 Å². The molecule has 0 amide bonds. The summed E-state index contributed by atoms with van der Waals surface area (Å²) in [6.07, 6.45) is 0. The molecule has 0 aromatic heterocycles. The van der Waals surface area contributed by atoms with Gasteiger partial charge in [-0.05, 0) is 57.6 Å². The number of hydrogen-bond donors (Lipinski definition) is 0. The van der Waals surface area contributed by atoms with Crippen LogP contribution in [0.5, 0.6) is 5.75 Å². The van der Waals surface area contributed by atoms with E-state index in [0.717, 1.165) is 14.3 Å². The number of fused-ring (bicyclic) bond motifs is 1. The Bertz CT molecular complexity index is 485. The van der Waals surface area contributed by atoms with Gasteiger partial charge in [-0.3, -0.25) is 0 Å². The minimum Gasteiger partial charge on any atom is -0.435 e. The first-order chi connectivity index (χ1) is 7.15. The standard InChI is InChI=1S/C11H7F2IO/c12-11(13)15-10-4-2-7-5-9(14)3-1-8(7)6-10/h1-6,11H. The van der Waals surface area contributed by atoms with Crippen LogP contribution in [0.25, 0.3) is 10.8 Å². The summed E-state index contributed by atoms with van der Waals surface area (Å²) in [4.78, 5) is 0. The van der Waals surface area contributed by atoms with Crippen molar-refractivity contribution in [2.45, 2.75) is 6.61 Å². The zero-order valence-electron chi connectivity index (χ0n) is 7.58. The lowest BCUT2D eigenvalue weighted by molar-refractivity contribution is -0.0497. The van der Waals surface area contributed by atoms with Crippen molar-refractivity contribution in [2.75, 3.05) is 0 Å². The van der Waals surface area contributed by atoms with Gasteiger partial charge < -0.3 is 4.74 Å². The summed E-state index contributed by atoms with van der Waals surface area (Å²) >= 11 is 2.21. The predicted octanol–water partition coefficient (Wildman–Crippen LogP) is 4.05. The molecule has 0 heterocycles. The van der Waals surface area contributed by atoms with E-state index in [1.807, 2.05) is 18.2 Å². The highest BCUT2D eigenvalue weighted by Crippen LogP contribution is 2.23. The molecule has 15 heavy (non-hydrogen) atoms. The van der Waals surface area contributed by atoms with Crippen molar-refractivity contribution in [1.82, 2.24) is 0 Å². The Kier molecular flexibility index (Phi) is 3.04. The smallest absolute Gasteiger partial charge is 0.387 e. The fourth-order valence-corrected chi connectivity index (χ4v) is 1.89. The van der Waals surface area contributed by atoms with Gasteiger partial charge >= 0.3 is 6.61 Å². The van der Waals surface area contributed by atoms with Gasteiger partial charge in [-0.15, -0.1) is 0 Å². The van der Waals surface area contributed by atoms with Crippen LogP contribution in [-0.2, 0) is 0 Å². The second-order valence-corrected chi connectivity index (χ2v) is 4.28. The van der Waals surface area contributed by atoms with Gasteiger partial charge in [-0.2, -0.15) is 8.78 Å². The molecule has 0 radical (unpaired) electrons. The Morgan fingerprint density at radius 1 is 1.00 bits per heavy atom. The summed E-state index contributed by atoms with van der Waals surface area (Å²) in [5.41, 5.74) is 0. The maximum atomic E-state index is 12.0. The summed E-state index contributed by atoms with van der Waals surface area (Å²) in [5.74, 6) is 0.193. The van der Waals surface area contributed by atoms with Crippen molar-refractivity contribution in [2.24, 2.45) is 0 Å². The molecular formula is C11H7F2IO. The number of rotatable bonds is 2. The van der Waals surface area contributed by atoms with E-state index in [9.17, 15) is 8.78 Å². The van der Waals surface area contributed by atoms with Crippen molar-refractivity contribution in [1.29, 1.82) is 0 Å². The van der Waals surface area contributed by atoms with Crippen LogP contribution in [0.3, 0.4) is 0 Å². The minimum absolute atomic E-state index is 0.193. The molecule has 2 aromatic carbocycles. The molecule has 0 saturated heterocycles. The van der Waals surface area contributed by atoms with E-state index in [1.54, 1.807) is 18.2 Å². The van der Waals surface area contributed by atoms with Crippen LogP contribution in [-0.4, -0.2) is 6.61 Å². The van der Waals surface area contributed by atoms with Crippen molar-refractivity contribution < 1.29 is 13.5 Å². The Balaban J connectivity index is 2.43. The molecule has 0 atom stereocenters. The van der Waals surface area contributed by atoms with Gasteiger partial charge in [-0.1, -0.05) is 12.1 Å². The first-order valence-electron chi connectivity index (χ1n) is 4.29. The fraction of sp³-hybridized carbons (Fsp3) is 0.0909. The molecule has 4 heteroatoms. The van der Waals surface area contributed by atoms with Crippen molar-refractivity contribution >= 4 is 33.4 Å². The van der Waals surface area contributed by atoms with Gasteiger partial charge in [0.2, 0.25) is 0 Å². The third-order valence-corrected chi connectivity index (χ3v) is 2.67. The van der Waals surface area contributed by atoms with Crippen LogP contribution in [0.4, 0.5) is 8.78 Å². The second kappa shape index (κ2) is 4.30. The molecule has 0 spiro atoms. The van der Waals surface area contributed by atoms with Gasteiger partial charge in [-0.25, -0.2) is 0 Å². The number of benzene rings is 2. The van der Waals surface area contributed by atoms with E-state index in [2.05, 4.69) is 27.3 Å². The summed E-state index contributed by atoms with van der Waals surface area (Å²) in [7, 11) is 0. The highest BCUT2D eigenvalue weighted by atomic mass is 127. The second-order valence-electron chi connectivity index (χ2n) is 3.03. The van der Waals surface area contributed by atoms with Crippen LogP contribution >= 0.6 is 22.6 Å². The Hall–Kier alpha value is -0.910. The van der Waals surface area contributed by atoms with Gasteiger partial charge in [0.1, 0.15) is 5.75 Å². The normalized spacial score (nSPS) is 10.9. The SMILES string of the molecule is FC(F)Oc1ccc2cc(I)ccc2c1. The maximum absolute atomic E-state index is 12.0. The van der Waals surface area contributed by atoms with E-state index >= 15 is 0 Å². The van der Waals surface area contributed by atoms with E-state index in [1.165, 1.54) is 0 Å². The molecule has 0 saturated carbocycles. The van der Waals surface area contributed by atoms with Crippen molar-refractivity contribution in [3.8, 4) is 5.75 Å². The van der Waals surface area contributed by atoms with Gasteiger partial charge in [0, 0.05) is 3.57 Å². The number of alkyl halides is 2. The molecule has 2 aromatic rings. The lowest BCUT2D eigenvalue weighted by atomic mass is 10.1. The summed E-state index contributed by atoms with van der Waals surface area (Å²) in [6.45, 7) is -2.77. The van der Waals surface area contributed by atoms with Crippen LogP contribution in [0.2, 0.25) is 0 Å². The molecule has 0 N–H and O–H groups in total. The predicted molar refractivity (Wildman–Crippen MR) is 63.3 cm³/mol. The molecule has 2 rings (SSSR count). The third kappa shape index (κ3) is 2.56. The Morgan fingerprint density at radius 3 is 2.40 bits per heavy atom. The number of hydrogen-bond acceptors (Lipinski definition) is 1. The first kappa shape index (κ1) is 10.6. The number of ether oxygens (including phenoxy) is 1. The van der Waals surface area contributed by atoms with Gasteiger partial charge in [0.15, 0.2) is 0 Å². The Morgan fingerprint density at radius 2 is 1.67 bits per heavy atom.